The molecule has 0 atom stereocenters. The average molecular weight is 721 g/mol. The lowest BCUT2D eigenvalue weighted by Crippen LogP contribution is -2.11. The van der Waals surface area contributed by atoms with Crippen molar-refractivity contribution in [3.8, 4) is 50.3 Å². The van der Waals surface area contributed by atoms with E-state index >= 15 is 0 Å². The molecule has 0 aliphatic heterocycles. The van der Waals surface area contributed by atoms with Crippen molar-refractivity contribution in [2.75, 3.05) is 10.6 Å². The minimum Gasteiger partial charge on any atom is -0.486 e. The number of nitrogens with two attached hydrogens (primary N) is 1. The number of anilines is 4. The SMILES string of the molecule is Nc1cc(N(c2ccc(-c3ccccc3)cc2)c2ccc(-c3ccc(-c4ccccc4)cc3)cc2)c2ccccc2c1OCc1ccc(-c2ccccc2)cc1. The van der Waals surface area contributed by atoms with Gasteiger partial charge in [-0.05, 0) is 80.4 Å². The van der Waals surface area contributed by atoms with Crippen LogP contribution in [0.3, 0.4) is 0 Å². The van der Waals surface area contributed by atoms with Gasteiger partial charge in [0.2, 0.25) is 0 Å². The Bertz CT molecular complexity index is 2690. The summed E-state index contributed by atoms with van der Waals surface area (Å²) in [7, 11) is 0. The highest BCUT2D eigenvalue weighted by Crippen LogP contribution is 2.45. The number of benzene rings is 9. The third kappa shape index (κ3) is 7.14. The highest BCUT2D eigenvalue weighted by Gasteiger charge is 2.20. The van der Waals surface area contributed by atoms with E-state index in [4.69, 9.17) is 10.5 Å². The van der Waals surface area contributed by atoms with Gasteiger partial charge in [-0.25, -0.2) is 0 Å². The highest BCUT2D eigenvalue weighted by molar-refractivity contribution is 6.05. The Balaban J connectivity index is 1.07. The maximum atomic E-state index is 6.95. The maximum Gasteiger partial charge on any atom is 0.150 e. The topological polar surface area (TPSA) is 38.5 Å². The Hall–Kier alpha value is -7.36. The number of rotatable bonds is 10. The van der Waals surface area contributed by atoms with Crippen LogP contribution >= 0.6 is 0 Å². The van der Waals surface area contributed by atoms with E-state index in [1.807, 2.05) is 24.3 Å². The lowest BCUT2D eigenvalue weighted by molar-refractivity contribution is 0.312. The number of ether oxygens (including phenoxy) is 1. The molecule has 9 aromatic carbocycles. The van der Waals surface area contributed by atoms with Crippen molar-refractivity contribution < 1.29 is 4.74 Å². The van der Waals surface area contributed by atoms with Crippen LogP contribution in [0.25, 0.3) is 55.3 Å². The molecule has 9 aromatic rings. The molecule has 0 radical (unpaired) electrons. The summed E-state index contributed by atoms with van der Waals surface area (Å²) in [6.07, 6.45) is 0. The van der Waals surface area contributed by atoms with Gasteiger partial charge in [-0.2, -0.15) is 0 Å². The minimum absolute atomic E-state index is 0.404. The van der Waals surface area contributed by atoms with Crippen LogP contribution in [0.1, 0.15) is 5.56 Å². The molecule has 0 aromatic heterocycles. The van der Waals surface area contributed by atoms with Gasteiger partial charge in [0.1, 0.15) is 6.61 Å². The largest absolute Gasteiger partial charge is 0.486 e. The zero-order chi connectivity index (χ0) is 37.7. The second-order valence-corrected chi connectivity index (χ2v) is 13.9. The smallest absolute Gasteiger partial charge is 0.150 e. The molecule has 0 bridgehead atoms. The number of hydrogen-bond donors (Lipinski definition) is 1. The van der Waals surface area contributed by atoms with Gasteiger partial charge in [0.05, 0.1) is 11.4 Å². The molecule has 0 saturated heterocycles. The molecule has 3 heteroatoms. The molecule has 268 valence electrons. The van der Waals surface area contributed by atoms with Crippen LogP contribution < -0.4 is 15.4 Å². The Morgan fingerprint density at radius 2 is 0.696 bits per heavy atom. The summed E-state index contributed by atoms with van der Waals surface area (Å²) in [6.45, 7) is 0.404. The van der Waals surface area contributed by atoms with Crippen LogP contribution in [0.2, 0.25) is 0 Å². The van der Waals surface area contributed by atoms with Crippen LogP contribution in [0.15, 0.2) is 218 Å². The molecular weight excluding hydrogens is 681 g/mol. The van der Waals surface area contributed by atoms with Crippen molar-refractivity contribution in [3.05, 3.63) is 224 Å². The first kappa shape index (κ1) is 34.4. The molecule has 0 fully saturated rings. The quantitative estimate of drug-likeness (QED) is 0.143. The molecule has 0 heterocycles. The Morgan fingerprint density at radius 3 is 1.12 bits per heavy atom. The predicted octanol–water partition coefficient (Wildman–Crippen LogP) is 14.1. The Morgan fingerprint density at radius 1 is 0.357 bits per heavy atom. The number of hydrogen-bond acceptors (Lipinski definition) is 3. The maximum absolute atomic E-state index is 6.95. The van der Waals surface area contributed by atoms with E-state index in [2.05, 4.69) is 199 Å². The molecule has 9 rings (SSSR count). The summed E-state index contributed by atoms with van der Waals surface area (Å²) in [4.78, 5) is 2.29. The van der Waals surface area contributed by atoms with Crippen LogP contribution in [-0.4, -0.2) is 0 Å². The molecule has 0 amide bonds. The van der Waals surface area contributed by atoms with Gasteiger partial charge in [0.15, 0.2) is 5.75 Å². The van der Waals surface area contributed by atoms with E-state index in [-0.39, 0.29) is 0 Å². The lowest BCUT2D eigenvalue weighted by atomic mass is 9.99. The van der Waals surface area contributed by atoms with E-state index in [1.54, 1.807) is 0 Å². The molecule has 56 heavy (non-hydrogen) atoms. The number of fused-ring (bicyclic) bond motifs is 1. The van der Waals surface area contributed by atoms with Gasteiger partial charge in [-0.3, -0.25) is 0 Å². The first-order valence-corrected chi connectivity index (χ1v) is 19.0. The minimum atomic E-state index is 0.404. The van der Waals surface area contributed by atoms with Crippen molar-refractivity contribution in [1.29, 1.82) is 0 Å². The van der Waals surface area contributed by atoms with Crippen LogP contribution in [0.4, 0.5) is 22.7 Å². The summed E-state index contributed by atoms with van der Waals surface area (Å²) >= 11 is 0. The van der Waals surface area contributed by atoms with Gasteiger partial charge < -0.3 is 15.4 Å². The fourth-order valence-corrected chi connectivity index (χ4v) is 7.43. The molecule has 2 N–H and O–H groups in total. The van der Waals surface area contributed by atoms with E-state index < -0.39 is 0 Å². The predicted molar refractivity (Wildman–Crippen MR) is 236 cm³/mol. The third-order valence-corrected chi connectivity index (χ3v) is 10.4. The van der Waals surface area contributed by atoms with E-state index in [0.717, 1.165) is 44.5 Å². The van der Waals surface area contributed by atoms with Gasteiger partial charge in [-0.1, -0.05) is 188 Å². The molecule has 3 nitrogen and oxygen atoms in total. The second-order valence-electron chi connectivity index (χ2n) is 13.9. The molecule has 0 aliphatic carbocycles. The van der Waals surface area contributed by atoms with E-state index in [9.17, 15) is 0 Å². The van der Waals surface area contributed by atoms with Crippen LogP contribution in [0, 0.1) is 0 Å². The molecule has 0 saturated carbocycles. The van der Waals surface area contributed by atoms with Gasteiger partial charge >= 0.3 is 0 Å². The van der Waals surface area contributed by atoms with Crippen molar-refractivity contribution >= 4 is 33.5 Å². The van der Waals surface area contributed by atoms with Crippen molar-refractivity contribution in [2.24, 2.45) is 0 Å². The number of nitrogen functional groups attached to an aromatic ring is 1. The van der Waals surface area contributed by atoms with Crippen LogP contribution in [0.5, 0.6) is 5.75 Å². The lowest BCUT2D eigenvalue weighted by Gasteiger charge is -2.28. The summed E-state index contributed by atoms with van der Waals surface area (Å²) in [5.74, 6) is 0.685. The zero-order valence-corrected chi connectivity index (χ0v) is 30.9. The first-order valence-electron chi connectivity index (χ1n) is 19.0. The second kappa shape index (κ2) is 15.5. The standard InChI is InChI=1S/C53H40N2O/c54-51-36-52(49-18-10-11-19-50(49)53(51)56-37-38-20-22-42(23-21-38)39-12-4-1-5-13-39)55(47-32-28-45(29-33-47)41-16-8-3-9-17-41)48-34-30-46(31-35-48)44-26-24-43(25-27-44)40-14-6-2-7-15-40/h1-36H,37,54H2. The van der Waals surface area contributed by atoms with Gasteiger partial charge in [-0.15, -0.1) is 0 Å². The van der Waals surface area contributed by atoms with E-state index in [1.165, 1.54) is 33.4 Å². The average Bonchev–Trinajstić information content (AvgIpc) is 3.28. The normalized spacial score (nSPS) is 11.0. The summed E-state index contributed by atoms with van der Waals surface area (Å²) in [5.41, 5.74) is 21.1. The monoisotopic (exact) mass is 720 g/mol. The molecule has 0 spiro atoms. The molecule has 0 unspecified atom stereocenters. The zero-order valence-electron chi connectivity index (χ0n) is 30.9. The number of nitrogens with zero attached hydrogens (tertiary/aromatic N) is 1. The van der Waals surface area contributed by atoms with Crippen LogP contribution in [-0.2, 0) is 6.61 Å². The van der Waals surface area contributed by atoms with Gasteiger partial charge in [0, 0.05) is 22.1 Å². The fraction of sp³-hybridized carbons (Fsp3) is 0.0189. The van der Waals surface area contributed by atoms with Gasteiger partial charge in [0.25, 0.3) is 0 Å². The van der Waals surface area contributed by atoms with E-state index in [0.29, 0.717) is 18.0 Å². The summed E-state index contributed by atoms with van der Waals surface area (Å²) in [6, 6.07) is 76.6. The highest BCUT2D eigenvalue weighted by atomic mass is 16.5. The van der Waals surface area contributed by atoms with Crippen molar-refractivity contribution in [2.45, 2.75) is 6.61 Å². The summed E-state index contributed by atoms with van der Waals surface area (Å²) in [5, 5.41) is 2.01. The Labute approximate surface area is 328 Å². The Kier molecular flexibility index (Phi) is 9.55. The van der Waals surface area contributed by atoms with Crippen molar-refractivity contribution in [1.82, 2.24) is 0 Å². The molecule has 0 aliphatic rings. The first-order chi connectivity index (χ1) is 27.7. The third-order valence-electron chi connectivity index (χ3n) is 10.4. The summed E-state index contributed by atoms with van der Waals surface area (Å²) < 4.78 is 6.55. The van der Waals surface area contributed by atoms with Crippen molar-refractivity contribution in [3.63, 3.8) is 0 Å². The molecular formula is C53H40N2O. The fourth-order valence-electron chi connectivity index (χ4n) is 7.43.